The Hall–Kier alpha value is -1.60. The normalized spacial score (nSPS) is 13.2. The van der Waals surface area contributed by atoms with Crippen LogP contribution in [0.5, 0.6) is 5.75 Å². The van der Waals surface area contributed by atoms with Crippen molar-refractivity contribution in [3.05, 3.63) is 23.3 Å². The van der Waals surface area contributed by atoms with Crippen molar-refractivity contribution in [2.45, 2.75) is 38.1 Å². The molecule has 0 saturated heterocycles. The topological polar surface area (TPSA) is 104 Å². The average Bonchev–Trinajstić information content (AvgIpc) is 2.27. The monoisotopic (exact) mass is 287 g/mol. The largest absolute Gasteiger partial charge is 0.507 e. The molecule has 106 valence electrons. The van der Waals surface area contributed by atoms with Crippen LogP contribution in [0.4, 0.5) is 0 Å². The van der Waals surface area contributed by atoms with Gasteiger partial charge in [0.1, 0.15) is 11.3 Å². The average molecular weight is 287 g/mol. The number of aromatic hydroxyl groups is 1. The fourth-order valence-corrected chi connectivity index (χ4v) is 3.12. The predicted molar refractivity (Wildman–Crippen MR) is 69.9 cm³/mol. The maximum atomic E-state index is 12.1. The molecule has 19 heavy (non-hydrogen) atoms. The predicted octanol–water partition coefficient (Wildman–Crippen LogP) is 1.48. The third-order valence-corrected chi connectivity index (χ3v) is 4.51. The van der Waals surface area contributed by atoms with Crippen molar-refractivity contribution in [2.24, 2.45) is 0 Å². The molecule has 1 aromatic carbocycles. The van der Waals surface area contributed by atoms with Crippen molar-refractivity contribution in [3.8, 4) is 5.75 Å². The minimum atomic E-state index is -3.80. The molecular weight excluding hydrogens is 270 g/mol. The molecule has 0 fully saturated rings. The molecule has 3 N–H and O–H groups in total. The zero-order valence-corrected chi connectivity index (χ0v) is 11.8. The summed E-state index contributed by atoms with van der Waals surface area (Å²) in [6.07, 6.45) is 0.613. The summed E-state index contributed by atoms with van der Waals surface area (Å²) in [7, 11) is -3.80. The molecule has 0 aliphatic carbocycles. The van der Waals surface area contributed by atoms with E-state index in [1.807, 2.05) is 6.92 Å². The van der Waals surface area contributed by atoms with Crippen LogP contribution < -0.4 is 4.72 Å². The summed E-state index contributed by atoms with van der Waals surface area (Å²) in [5.74, 6) is -1.83. The van der Waals surface area contributed by atoms with Gasteiger partial charge in [-0.05, 0) is 38.0 Å². The number of hydrogen-bond donors (Lipinski definition) is 3. The second-order valence-electron chi connectivity index (χ2n) is 4.37. The highest BCUT2D eigenvalue weighted by Gasteiger charge is 2.22. The van der Waals surface area contributed by atoms with Crippen LogP contribution in [-0.4, -0.2) is 30.6 Å². The molecule has 1 rings (SSSR count). The van der Waals surface area contributed by atoms with Crippen LogP contribution in [0.15, 0.2) is 17.0 Å². The summed E-state index contributed by atoms with van der Waals surface area (Å²) >= 11 is 0. The number of carboxylic acid groups (broad SMARTS) is 1. The number of aromatic carboxylic acids is 1. The van der Waals surface area contributed by atoms with E-state index in [2.05, 4.69) is 4.72 Å². The molecule has 6 nitrogen and oxygen atoms in total. The molecule has 1 aromatic rings. The highest BCUT2D eigenvalue weighted by Crippen LogP contribution is 2.25. The number of nitrogens with one attached hydrogen (secondary N) is 1. The van der Waals surface area contributed by atoms with E-state index in [9.17, 15) is 18.3 Å². The van der Waals surface area contributed by atoms with Gasteiger partial charge in [0, 0.05) is 6.04 Å². The quantitative estimate of drug-likeness (QED) is 0.761. The minimum Gasteiger partial charge on any atom is -0.507 e. The highest BCUT2D eigenvalue weighted by atomic mass is 32.2. The van der Waals surface area contributed by atoms with Crippen molar-refractivity contribution in [3.63, 3.8) is 0 Å². The van der Waals surface area contributed by atoms with Gasteiger partial charge in [-0.3, -0.25) is 0 Å². The highest BCUT2D eigenvalue weighted by molar-refractivity contribution is 7.89. The van der Waals surface area contributed by atoms with Crippen LogP contribution in [0.3, 0.4) is 0 Å². The molecule has 0 aliphatic heterocycles. The summed E-state index contributed by atoms with van der Waals surface area (Å²) in [5.41, 5.74) is -0.145. The summed E-state index contributed by atoms with van der Waals surface area (Å²) < 4.78 is 26.7. The van der Waals surface area contributed by atoms with Crippen LogP contribution in [0.1, 0.15) is 36.2 Å². The van der Waals surface area contributed by atoms with Gasteiger partial charge in [-0.25, -0.2) is 17.9 Å². The van der Waals surface area contributed by atoms with E-state index in [-0.39, 0.29) is 10.9 Å². The van der Waals surface area contributed by atoms with Gasteiger partial charge < -0.3 is 10.2 Å². The number of benzene rings is 1. The van der Waals surface area contributed by atoms with Crippen LogP contribution in [0.25, 0.3) is 0 Å². The Morgan fingerprint density at radius 1 is 1.42 bits per heavy atom. The summed E-state index contributed by atoms with van der Waals surface area (Å²) in [6, 6.07) is 1.85. The van der Waals surface area contributed by atoms with Crippen LogP contribution in [0, 0.1) is 6.92 Å². The lowest BCUT2D eigenvalue weighted by molar-refractivity contribution is 0.0693. The lowest BCUT2D eigenvalue weighted by Gasteiger charge is -2.14. The molecule has 0 saturated carbocycles. The molecule has 0 heterocycles. The smallest absolute Gasteiger partial charge is 0.339 e. The zero-order valence-electron chi connectivity index (χ0n) is 11.0. The van der Waals surface area contributed by atoms with E-state index < -0.39 is 27.3 Å². The number of sulfonamides is 1. The van der Waals surface area contributed by atoms with E-state index in [0.29, 0.717) is 12.0 Å². The third kappa shape index (κ3) is 3.45. The fourth-order valence-electron chi connectivity index (χ4n) is 1.55. The van der Waals surface area contributed by atoms with E-state index >= 15 is 0 Å². The Morgan fingerprint density at radius 3 is 2.47 bits per heavy atom. The Bertz CT molecular complexity index is 594. The zero-order chi connectivity index (χ0) is 14.8. The first kappa shape index (κ1) is 15.5. The number of hydrogen-bond acceptors (Lipinski definition) is 4. The molecule has 1 unspecified atom stereocenters. The van der Waals surface area contributed by atoms with Gasteiger partial charge in [-0.15, -0.1) is 0 Å². The minimum absolute atomic E-state index is 0.136. The molecule has 0 spiro atoms. The molecular formula is C12H17NO5S. The van der Waals surface area contributed by atoms with Gasteiger partial charge in [-0.1, -0.05) is 6.92 Å². The molecule has 0 radical (unpaired) electrons. The van der Waals surface area contributed by atoms with E-state index in [4.69, 9.17) is 5.11 Å². The van der Waals surface area contributed by atoms with Crippen LogP contribution >= 0.6 is 0 Å². The second-order valence-corrected chi connectivity index (χ2v) is 6.05. The van der Waals surface area contributed by atoms with Gasteiger partial charge >= 0.3 is 5.97 Å². The first-order chi connectivity index (χ1) is 8.69. The lowest BCUT2D eigenvalue weighted by atomic mass is 10.1. The molecule has 1 atom stereocenters. The standard InChI is InChI=1S/C12H17NO5S/c1-4-8(3)13-19(17,18)11-6-9(12(15)16)10(14)5-7(11)2/h5-6,8,13-14H,4H2,1-3H3,(H,15,16). The molecule has 0 aliphatic rings. The Morgan fingerprint density at radius 2 is 2.00 bits per heavy atom. The van der Waals surface area contributed by atoms with Crippen LogP contribution in [0.2, 0.25) is 0 Å². The van der Waals surface area contributed by atoms with Gasteiger partial charge in [0.15, 0.2) is 0 Å². The summed E-state index contributed by atoms with van der Waals surface area (Å²) in [4.78, 5) is 10.8. The molecule has 0 bridgehead atoms. The lowest BCUT2D eigenvalue weighted by Crippen LogP contribution is -2.32. The van der Waals surface area contributed by atoms with Crippen molar-refractivity contribution in [1.29, 1.82) is 0 Å². The second kappa shape index (κ2) is 5.58. The van der Waals surface area contributed by atoms with Crippen molar-refractivity contribution < 1.29 is 23.4 Å². The number of aryl methyl sites for hydroxylation is 1. The maximum Gasteiger partial charge on any atom is 0.339 e. The summed E-state index contributed by atoms with van der Waals surface area (Å²) in [6.45, 7) is 5.04. The number of phenols is 1. The van der Waals surface area contributed by atoms with E-state index in [0.717, 1.165) is 12.1 Å². The molecule has 7 heteroatoms. The first-order valence-electron chi connectivity index (χ1n) is 5.78. The van der Waals surface area contributed by atoms with Gasteiger partial charge in [0.05, 0.1) is 4.90 Å². The van der Waals surface area contributed by atoms with Crippen molar-refractivity contribution in [1.82, 2.24) is 4.72 Å². The SMILES string of the molecule is CCC(C)NS(=O)(=O)c1cc(C(=O)O)c(O)cc1C. The van der Waals surface area contributed by atoms with E-state index in [1.165, 1.54) is 6.92 Å². The van der Waals surface area contributed by atoms with Crippen molar-refractivity contribution in [2.75, 3.05) is 0 Å². The summed E-state index contributed by atoms with van der Waals surface area (Å²) in [5, 5.41) is 18.4. The number of carboxylic acids is 1. The van der Waals surface area contributed by atoms with Gasteiger partial charge in [0.25, 0.3) is 0 Å². The van der Waals surface area contributed by atoms with Crippen molar-refractivity contribution >= 4 is 16.0 Å². The third-order valence-electron chi connectivity index (χ3n) is 2.78. The number of carbonyl (C=O) groups is 1. The fraction of sp³-hybridized carbons (Fsp3) is 0.417. The first-order valence-corrected chi connectivity index (χ1v) is 7.26. The molecule has 0 aromatic heterocycles. The van der Waals surface area contributed by atoms with Gasteiger partial charge in [-0.2, -0.15) is 0 Å². The van der Waals surface area contributed by atoms with Crippen LogP contribution in [-0.2, 0) is 10.0 Å². The Kier molecular flexibility index (Phi) is 4.54. The Balaban J connectivity index is 3.34. The van der Waals surface area contributed by atoms with Gasteiger partial charge in [0.2, 0.25) is 10.0 Å². The van der Waals surface area contributed by atoms with E-state index in [1.54, 1.807) is 6.92 Å². The Labute approximate surface area is 112 Å². The molecule has 0 amide bonds. The maximum absolute atomic E-state index is 12.1. The number of rotatable bonds is 5.